The van der Waals surface area contributed by atoms with E-state index in [1.807, 2.05) is 6.07 Å². The highest BCUT2D eigenvalue weighted by molar-refractivity contribution is 8.14. The zero-order valence-corrected chi connectivity index (χ0v) is 24.3. The van der Waals surface area contributed by atoms with Crippen LogP contribution in [0.15, 0.2) is 144 Å². The van der Waals surface area contributed by atoms with E-state index in [0.717, 1.165) is 34.9 Å². The Bertz CT molecular complexity index is 2010. The van der Waals surface area contributed by atoms with Gasteiger partial charge in [-0.15, -0.1) is 0 Å². The molecule has 2 heterocycles. The number of thioether (sulfide) groups is 1. The van der Waals surface area contributed by atoms with Crippen LogP contribution >= 0.6 is 11.8 Å². The molecule has 3 nitrogen and oxygen atoms in total. The molecular weight excluding hydrogens is 545 g/mol. The fourth-order valence-corrected chi connectivity index (χ4v) is 8.34. The van der Waals surface area contributed by atoms with E-state index in [4.69, 9.17) is 4.74 Å². The second-order valence-corrected chi connectivity index (χ2v) is 12.6. The maximum absolute atomic E-state index is 6.62. The lowest BCUT2D eigenvalue weighted by Gasteiger charge is -2.41. The van der Waals surface area contributed by atoms with Crippen molar-refractivity contribution in [3.63, 3.8) is 0 Å². The molecule has 0 saturated carbocycles. The van der Waals surface area contributed by atoms with Crippen LogP contribution < -0.4 is 10.2 Å². The van der Waals surface area contributed by atoms with Gasteiger partial charge >= 0.3 is 0 Å². The number of para-hydroxylation sites is 1. The molecule has 0 fully saturated rings. The van der Waals surface area contributed by atoms with Crippen molar-refractivity contribution in [2.45, 2.75) is 23.6 Å². The molecule has 0 amide bonds. The van der Waals surface area contributed by atoms with Gasteiger partial charge in [-0.1, -0.05) is 127 Å². The van der Waals surface area contributed by atoms with Gasteiger partial charge in [0.1, 0.15) is 21.9 Å². The highest BCUT2D eigenvalue weighted by atomic mass is 32.2. The number of rotatable bonds is 3. The van der Waals surface area contributed by atoms with E-state index in [1.165, 1.54) is 50.1 Å². The van der Waals surface area contributed by atoms with E-state index in [2.05, 4.69) is 138 Å². The van der Waals surface area contributed by atoms with Crippen LogP contribution in [-0.2, 0) is 5.41 Å². The quantitative estimate of drug-likeness (QED) is 0.234. The first-order valence-corrected chi connectivity index (χ1v) is 15.8. The molecule has 0 saturated heterocycles. The van der Waals surface area contributed by atoms with Gasteiger partial charge in [-0.3, -0.25) is 5.43 Å². The average Bonchev–Trinajstić information content (AvgIpc) is 3.69. The zero-order valence-electron chi connectivity index (χ0n) is 23.5. The predicted molar refractivity (Wildman–Crippen MR) is 176 cm³/mol. The number of allylic oxidation sites excluding steroid dienone is 4. The number of nitrogens with zero attached hydrogens (tertiary/aromatic N) is 1. The van der Waals surface area contributed by atoms with Crippen molar-refractivity contribution >= 4 is 22.4 Å². The summed E-state index contributed by atoms with van der Waals surface area (Å²) >= 11 is 1.76. The molecule has 0 bridgehead atoms. The number of fused-ring (bicyclic) bond motifs is 8. The molecule has 0 aromatic heterocycles. The number of ether oxygens (including phenoxy) is 1. The van der Waals surface area contributed by atoms with Crippen LogP contribution in [0.4, 0.5) is 0 Å². The molecular formula is C39H28N2OS. The molecule has 1 N–H and O–H groups in total. The fraction of sp³-hybridized carbons (Fsp3) is 0.103. The molecule has 43 heavy (non-hydrogen) atoms. The monoisotopic (exact) mass is 572 g/mol. The van der Waals surface area contributed by atoms with Gasteiger partial charge in [-0.25, -0.2) is 0 Å². The van der Waals surface area contributed by atoms with Crippen molar-refractivity contribution in [1.29, 1.82) is 0 Å². The summed E-state index contributed by atoms with van der Waals surface area (Å²) in [6, 6.07) is 43.6. The lowest BCUT2D eigenvalue weighted by Crippen LogP contribution is -2.33. The van der Waals surface area contributed by atoms with E-state index in [-0.39, 0.29) is 10.8 Å². The van der Waals surface area contributed by atoms with E-state index < -0.39 is 0 Å². The predicted octanol–water partition coefficient (Wildman–Crippen LogP) is 9.61. The summed E-state index contributed by atoms with van der Waals surface area (Å²) in [5.41, 5.74) is 15.7. The number of hydrazone groups is 1. The van der Waals surface area contributed by atoms with E-state index in [0.29, 0.717) is 0 Å². The third kappa shape index (κ3) is 3.66. The first-order chi connectivity index (χ1) is 21.3. The van der Waals surface area contributed by atoms with Gasteiger partial charge in [0, 0.05) is 16.7 Å². The summed E-state index contributed by atoms with van der Waals surface area (Å²) in [7, 11) is 0. The molecule has 9 rings (SSSR count). The van der Waals surface area contributed by atoms with Gasteiger partial charge in [0.25, 0.3) is 0 Å². The summed E-state index contributed by atoms with van der Waals surface area (Å²) in [6.07, 6.45) is 6.75. The van der Waals surface area contributed by atoms with E-state index in [9.17, 15) is 0 Å². The fourth-order valence-electron chi connectivity index (χ4n) is 7.34. The molecule has 2 aliphatic heterocycles. The summed E-state index contributed by atoms with van der Waals surface area (Å²) in [4.78, 5) is 0. The minimum Gasteiger partial charge on any atom is -0.457 e. The van der Waals surface area contributed by atoms with Crippen molar-refractivity contribution in [2.24, 2.45) is 5.10 Å². The Hall–Kier alpha value is -4.80. The lowest BCUT2D eigenvalue weighted by molar-refractivity contribution is 0.432. The molecule has 1 spiro atoms. The Kier molecular flexibility index (Phi) is 5.54. The third-order valence-corrected chi connectivity index (χ3v) is 10.4. The largest absolute Gasteiger partial charge is 0.457 e. The van der Waals surface area contributed by atoms with Crippen molar-refractivity contribution < 1.29 is 4.74 Å². The smallest absolute Gasteiger partial charge is 0.132 e. The van der Waals surface area contributed by atoms with Crippen LogP contribution in [0.1, 0.15) is 51.6 Å². The van der Waals surface area contributed by atoms with Crippen molar-refractivity contribution in [3.8, 4) is 22.6 Å². The third-order valence-electron chi connectivity index (χ3n) is 9.22. The van der Waals surface area contributed by atoms with Gasteiger partial charge < -0.3 is 4.74 Å². The second-order valence-electron chi connectivity index (χ2n) is 11.5. The Morgan fingerprint density at radius 2 is 1.42 bits per heavy atom. The van der Waals surface area contributed by atoms with Crippen LogP contribution in [0, 0.1) is 0 Å². The molecule has 206 valence electrons. The number of nitrogens with one attached hydrogen (secondary N) is 1. The molecule has 5 aromatic carbocycles. The second kappa shape index (κ2) is 9.62. The molecule has 5 aromatic rings. The van der Waals surface area contributed by atoms with Gasteiger partial charge in [0.05, 0.1) is 5.41 Å². The highest BCUT2D eigenvalue weighted by Gasteiger charge is 2.52. The van der Waals surface area contributed by atoms with Crippen LogP contribution in [0.3, 0.4) is 0 Å². The standard InChI is InChI=1S/C39H28N2OS/c1-2-10-26(11-3-1)37-40-41-38(43-37)27-20-18-25(19-21-27)28-22-23-36-34(24-28)39(33-16-8-9-17-35(33)42-36)31-14-6-4-12-29(31)30-13-5-7-15-32(30)39/h1-6,8-14,16-24,37,40H,7,15H2. The first-order valence-electron chi connectivity index (χ1n) is 14.9. The average molecular weight is 573 g/mol. The Balaban J connectivity index is 1.14. The first kappa shape index (κ1) is 24.8. The molecule has 2 atom stereocenters. The highest BCUT2D eigenvalue weighted by Crippen LogP contribution is 2.63. The maximum atomic E-state index is 6.62. The van der Waals surface area contributed by atoms with E-state index in [1.54, 1.807) is 11.8 Å². The molecule has 4 heteroatoms. The molecule has 2 aliphatic carbocycles. The summed E-state index contributed by atoms with van der Waals surface area (Å²) < 4.78 is 6.62. The number of hydrogen-bond acceptors (Lipinski definition) is 4. The normalized spacial score (nSPS) is 20.9. The van der Waals surface area contributed by atoms with Gasteiger partial charge in [0.2, 0.25) is 0 Å². The Morgan fingerprint density at radius 3 is 2.30 bits per heavy atom. The zero-order chi connectivity index (χ0) is 28.4. The molecule has 0 radical (unpaired) electrons. The SMILES string of the molecule is C1=CC2=C(CC1)C1(c3ccccc3Oc3ccc(-c4ccc(C5=NNC(c6ccccc6)S5)cc4)cc31)c1ccccc12. The van der Waals surface area contributed by atoms with Crippen molar-refractivity contribution in [1.82, 2.24) is 5.43 Å². The summed E-state index contributed by atoms with van der Waals surface area (Å²) in [6.45, 7) is 0. The van der Waals surface area contributed by atoms with E-state index >= 15 is 0 Å². The number of benzene rings is 5. The van der Waals surface area contributed by atoms with Crippen LogP contribution in [0.5, 0.6) is 11.5 Å². The van der Waals surface area contributed by atoms with Crippen molar-refractivity contribution in [3.05, 3.63) is 172 Å². The number of hydrogen-bond donors (Lipinski definition) is 1. The van der Waals surface area contributed by atoms with Crippen LogP contribution in [0.25, 0.3) is 16.7 Å². The van der Waals surface area contributed by atoms with Gasteiger partial charge in [0.15, 0.2) is 0 Å². The Labute approximate surface area is 255 Å². The minimum atomic E-state index is -0.371. The van der Waals surface area contributed by atoms with Gasteiger partial charge in [-0.2, -0.15) is 5.10 Å². The summed E-state index contributed by atoms with van der Waals surface area (Å²) in [5.74, 6) is 1.88. The maximum Gasteiger partial charge on any atom is 0.132 e. The minimum absolute atomic E-state index is 0.138. The van der Waals surface area contributed by atoms with Crippen LogP contribution in [0.2, 0.25) is 0 Å². The van der Waals surface area contributed by atoms with Crippen LogP contribution in [-0.4, -0.2) is 5.04 Å². The Morgan fingerprint density at radius 1 is 0.698 bits per heavy atom. The van der Waals surface area contributed by atoms with Crippen molar-refractivity contribution in [2.75, 3.05) is 0 Å². The molecule has 4 aliphatic rings. The summed E-state index contributed by atoms with van der Waals surface area (Å²) in [5, 5.41) is 5.81. The topological polar surface area (TPSA) is 33.6 Å². The van der Waals surface area contributed by atoms with Gasteiger partial charge in [-0.05, 0) is 70.0 Å². The lowest BCUT2D eigenvalue weighted by atomic mass is 9.64. The molecule has 2 unspecified atom stereocenters.